The maximum absolute atomic E-state index is 5.98. The molecule has 0 fully saturated rings. The maximum Gasteiger partial charge on any atom is 0.187 e. The SMILES string of the molecule is Nc1c(Cl)cccc1-c1nnc2cccnn12. The van der Waals surface area contributed by atoms with Gasteiger partial charge in [-0.15, -0.1) is 10.2 Å². The van der Waals surface area contributed by atoms with Gasteiger partial charge in [0, 0.05) is 11.8 Å². The number of fused-ring (bicyclic) bond motifs is 1. The van der Waals surface area contributed by atoms with E-state index in [1.54, 1.807) is 22.8 Å². The van der Waals surface area contributed by atoms with Crippen molar-refractivity contribution in [3.05, 3.63) is 41.6 Å². The minimum absolute atomic E-state index is 0.481. The lowest BCUT2D eigenvalue weighted by atomic mass is 10.2. The highest BCUT2D eigenvalue weighted by atomic mass is 35.5. The van der Waals surface area contributed by atoms with E-state index >= 15 is 0 Å². The monoisotopic (exact) mass is 245 g/mol. The topological polar surface area (TPSA) is 69.1 Å². The normalized spacial score (nSPS) is 10.9. The minimum Gasteiger partial charge on any atom is -0.397 e. The number of nitrogen functional groups attached to an aromatic ring is 1. The van der Waals surface area contributed by atoms with E-state index in [1.807, 2.05) is 18.2 Å². The van der Waals surface area contributed by atoms with E-state index < -0.39 is 0 Å². The number of halogens is 1. The summed E-state index contributed by atoms with van der Waals surface area (Å²) in [6.45, 7) is 0. The average molecular weight is 246 g/mol. The Balaban J connectivity index is 2.31. The van der Waals surface area contributed by atoms with Crippen LogP contribution in [0.15, 0.2) is 36.5 Å². The summed E-state index contributed by atoms with van der Waals surface area (Å²) in [4.78, 5) is 0. The van der Waals surface area contributed by atoms with Crippen LogP contribution >= 0.6 is 11.6 Å². The van der Waals surface area contributed by atoms with Gasteiger partial charge in [0.05, 0.1) is 10.7 Å². The first kappa shape index (κ1) is 10.0. The quantitative estimate of drug-likeness (QED) is 0.666. The van der Waals surface area contributed by atoms with Crippen LogP contribution in [-0.2, 0) is 0 Å². The molecule has 0 bridgehead atoms. The van der Waals surface area contributed by atoms with Gasteiger partial charge in [-0.3, -0.25) is 0 Å². The fourth-order valence-corrected chi connectivity index (χ4v) is 1.82. The molecule has 0 aliphatic heterocycles. The van der Waals surface area contributed by atoms with Gasteiger partial charge >= 0.3 is 0 Å². The molecular formula is C11H8ClN5. The van der Waals surface area contributed by atoms with E-state index in [1.165, 1.54) is 0 Å². The molecule has 17 heavy (non-hydrogen) atoms. The van der Waals surface area contributed by atoms with Crippen molar-refractivity contribution in [1.29, 1.82) is 0 Å². The summed E-state index contributed by atoms with van der Waals surface area (Å²) >= 11 is 5.98. The number of anilines is 1. The van der Waals surface area contributed by atoms with Crippen molar-refractivity contribution in [2.75, 3.05) is 5.73 Å². The van der Waals surface area contributed by atoms with Crippen molar-refractivity contribution in [3.63, 3.8) is 0 Å². The number of benzene rings is 1. The summed E-state index contributed by atoms with van der Waals surface area (Å²) in [5, 5.41) is 12.8. The van der Waals surface area contributed by atoms with E-state index in [0.29, 0.717) is 22.2 Å². The highest BCUT2D eigenvalue weighted by Crippen LogP contribution is 2.29. The second kappa shape index (κ2) is 3.71. The number of hydrogen-bond acceptors (Lipinski definition) is 4. The molecule has 0 amide bonds. The van der Waals surface area contributed by atoms with Crippen molar-refractivity contribution in [1.82, 2.24) is 19.8 Å². The molecule has 0 saturated heterocycles. The number of aromatic nitrogens is 4. The van der Waals surface area contributed by atoms with Gasteiger partial charge in [-0.2, -0.15) is 9.61 Å². The van der Waals surface area contributed by atoms with Gasteiger partial charge in [-0.05, 0) is 24.3 Å². The molecule has 2 heterocycles. The first-order valence-corrected chi connectivity index (χ1v) is 5.36. The maximum atomic E-state index is 5.98. The molecule has 0 atom stereocenters. The van der Waals surface area contributed by atoms with Gasteiger partial charge in [-0.25, -0.2) is 0 Å². The molecule has 5 nitrogen and oxygen atoms in total. The number of nitrogens with zero attached hydrogens (tertiary/aromatic N) is 4. The molecule has 0 unspecified atom stereocenters. The van der Waals surface area contributed by atoms with Crippen LogP contribution in [0.3, 0.4) is 0 Å². The summed E-state index contributed by atoms with van der Waals surface area (Å²) < 4.78 is 1.63. The molecule has 0 spiro atoms. The number of para-hydroxylation sites is 1. The van der Waals surface area contributed by atoms with Gasteiger partial charge < -0.3 is 5.73 Å². The number of hydrogen-bond donors (Lipinski definition) is 1. The molecule has 6 heteroatoms. The highest BCUT2D eigenvalue weighted by Gasteiger charge is 2.12. The summed E-state index contributed by atoms with van der Waals surface area (Å²) in [6.07, 6.45) is 1.67. The molecule has 2 N–H and O–H groups in total. The second-order valence-corrected chi connectivity index (χ2v) is 3.93. The largest absolute Gasteiger partial charge is 0.397 e. The summed E-state index contributed by atoms with van der Waals surface area (Å²) in [6, 6.07) is 9.01. The van der Waals surface area contributed by atoms with Gasteiger partial charge in [0.25, 0.3) is 0 Å². The third-order valence-electron chi connectivity index (χ3n) is 2.47. The molecule has 0 aliphatic carbocycles. The smallest absolute Gasteiger partial charge is 0.187 e. The zero-order valence-corrected chi connectivity index (χ0v) is 9.46. The van der Waals surface area contributed by atoms with Crippen molar-refractivity contribution >= 4 is 22.9 Å². The van der Waals surface area contributed by atoms with Crippen LogP contribution in [0.1, 0.15) is 0 Å². The van der Waals surface area contributed by atoms with Gasteiger partial charge in [-0.1, -0.05) is 17.7 Å². The minimum atomic E-state index is 0.481. The van der Waals surface area contributed by atoms with Gasteiger partial charge in [0.1, 0.15) is 0 Å². The number of rotatable bonds is 1. The Bertz CT molecular complexity index is 691. The van der Waals surface area contributed by atoms with E-state index in [9.17, 15) is 0 Å². The molecule has 84 valence electrons. The van der Waals surface area contributed by atoms with E-state index in [-0.39, 0.29) is 0 Å². The number of nitrogens with two attached hydrogens (primary N) is 1. The highest BCUT2D eigenvalue weighted by molar-refractivity contribution is 6.33. The van der Waals surface area contributed by atoms with Gasteiger partial charge in [0.15, 0.2) is 11.5 Å². The first-order chi connectivity index (χ1) is 8.27. The third kappa shape index (κ3) is 1.52. The van der Waals surface area contributed by atoms with E-state index in [0.717, 1.165) is 5.56 Å². The Morgan fingerprint density at radius 3 is 2.88 bits per heavy atom. The molecule has 3 rings (SSSR count). The fraction of sp³-hybridized carbons (Fsp3) is 0. The predicted octanol–water partition coefficient (Wildman–Crippen LogP) is 2.03. The Morgan fingerprint density at radius 2 is 2.00 bits per heavy atom. The van der Waals surface area contributed by atoms with Crippen LogP contribution in [0.5, 0.6) is 0 Å². The van der Waals surface area contributed by atoms with Crippen LogP contribution in [0.4, 0.5) is 5.69 Å². The van der Waals surface area contributed by atoms with Crippen molar-refractivity contribution in [3.8, 4) is 11.4 Å². The van der Waals surface area contributed by atoms with Crippen molar-refractivity contribution < 1.29 is 0 Å². The summed E-state index contributed by atoms with van der Waals surface area (Å²) in [7, 11) is 0. The Labute approximate surface area is 102 Å². The van der Waals surface area contributed by atoms with Gasteiger partial charge in [0.2, 0.25) is 0 Å². The van der Waals surface area contributed by atoms with E-state index in [4.69, 9.17) is 17.3 Å². The van der Waals surface area contributed by atoms with Crippen LogP contribution < -0.4 is 5.73 Å². The first-order valence-electron chi connectivity index (χ1n) is 4.98. The van der Waals surface area contributed by atoms with Crippen molar-refractivity contribution in [2.24, 2.45) is 0 Å². The molecule has 2 aromatic heterocycles. The molecule has 3 aromatic rings. The molecule has 0 saturated carbocycles. The molecule has 1 aromatic carbocycles. The average Bonchev–Trinajstić information content (AvgIpc) is 2.77. The zero-order valence-electron chi connectivity index (χ0n) is 8.71. The van der Waals surface area contributed by atoms with Crippen LogP contribution in [-0.4, -0.2) is 19.8 Å². The molecule has 0 aliphatic rings. The lowest BCUT2D eigenvalue weighted by Gasteiger charge is -2.04. The summed E-state index contributed by atoms with van der Waals surface area (Å²) in [5.41, 5.74) is 7.80. The predicted molar refractivity (Wildman–Crippen MR) is 65.6 cm³/mol. The van der Waals surface area contributed by atoms with Crippen LogP contribution in [0.25, 0.3) is 17.0 Å². The Hall–Kier alpha value is -2.14. The summed E-state index contributed by atoms with van der Waals surface area (Å²) in [5.74, 6) is 0.584. The lowest BCUT2D eigenvalue weighted by molar-refractivity contribution is 0.936. The Kier molecular flexibility index (Phi) is 2.19. The second-order valence-electron chi connectivity index (χ2n) is 3.52. The molecular weight excluding hydrogens is 238 g/mol. The third-order valence-corrected chi connectivity index (χ3v) is 2.80. The van der Waals surface area contributed by atoms with Crippen molar-refractivity contribution in [2.45, 2.75) is 0 Å². The van der Waals surface area contributed by atoms with E-state index in [2.05, 4.69) is 15.3 Å². The Morgan fingerprint density at radius 1 is 1.12 bits per heavy atom. The lowest BCUT2D eigenvalue weighted by Crippen LogP contribution is -1.97. The standard InChI is InChI=1S/C11H8ClN5/c12-8-4-1-3-7(10(8)13)11-16-15-9-5-2-6-14-17(9)11/h1-6H,13H2. The van der Waals surface area contributed by atoms with Crippen LogP contribution in [0.2, 0.25) is 5.02 Å². The zero-order chi connectivity index (χ0) is 11.8. The van der Waals surface area contributed by atoms with Crippen LogP contribution in [0, 0.1) is 0 Å². The fourth-order valence-electron chi connectivity index (χ4n) is 1.64. The molecule has 0 radical (unpaired) electrons.